The standard InChI is InChI=1S/C49H38N4OSi/c1-55(2,39-21-15-20-38(33-39)53-47-27-14-13-26-46(47)52(54-53)37-18-7-4-8-19-37)40-28-29-44-43-24-11-12-25-45(43)51(48(44)34-40)49-32-36(30-31-50-49)42-23-10-9-22-41(42)35-16-5-3-6-17-35/h3-34H,1-2H3. The largest absolute Gasteiger partial charge is 0.294 e. The quantitative estimate of drug-likeness (QED) is 0.153. The van der Waals surface area contributed by atoms with Gasteiger partial charge in [0.15, 0.2) is 0 Å². The first-order valence-corrected chi connectivity index (χ1v) is 21.7. The molecule has 0 radical (unpaired) electrons. The van der Waals surface area contributed by atoms with Crippen LogP contribution in [0, 0.1) is 0 Å². The Morgan fingerprint density at radius 3 is 1.84 bits per heavy atom. The lowest BCUT2D eigenvalue weighted by Crippen LogP contribution is -2.52. The van der Waals surface area contributed by atoms with Crippen LogP contribution in [0.25, 0.3) is 49.9 Å². The molecule has 1 aliphatic rings. The maximum Gasteiger partial charge on any atom is 0.138 e. The van der Waals surface area contributed by atoms with Crippen LogP contribution in [0.3, 0.4) is 0 Å². The Hall–Kier alpha value is -6.73. The Kier molecular flexibility index (Phi) is 7.94. The summed E-state index contributed by atoms with van der Waals surface area (Å²) in [5.74, 6) is 0.901. The van der Waals surface area contributed by atoms with E-state index in [0.717, 1.165) is 45.2 Å². The van der Waals surface area contributed by atoms with E-state index in [2.05, 4.69) is 188 Å². The van der Waals surface area contributed by atoms with E-state index in [9.17, 15) is 0 Å². The molecule has 7 aromatic carbocycles. The Morgan fingerprint density at radius 2 is 1.05 bits per heavy atom. The minimum atomic E-state index is -2.24. The lowest BCUT2D eigenvalue weighted by atomic mass is 9.95. The third-order valence-electron chi connectivity index (χ3n) is 11.0. The fourth-order valence-electron chi connectivity index (χ4n) is 8.02. The Balaban J connectivity index is 1.06. The maximum atomic E-state index is 6.58. The number of fused-ring (bicyclic) bond motifs is 4. The van der Waals surface area contributed by atoms with Gasteiger partial charge in [-0.05, 0) is 82.9 Å². The molecule has 0 spiro atoms. The van der Waals surface area contributed by atoms with Crippen LogP contribution in [-0.2, 0) is 4.94 Å². The molecule has 0 N–H and O–H groups in total. The highest BCUT2D eigenvalue weighted by atomic mass is 28.3. The molecule has 3 heterocycles. The predicted molar refractivity (Wildman–Crippen MR) is 231 cm³/mol. The van der Waals surface area contributed by atoms with Gasteiger partial charge in [0.05, 0.1) is 33.8 Å². The minimum absolute atomic E-state index is 0.901. The Morgan fingerprint density at radius 1 is 0.455 bits per heavy atom. The molecule has 0 saturated heterocycles. The van der Waals surface area contributed by atoms with Crippen LogP contribution >= 0.6 is 0 Å². The van der Waals surface area contributed by atoms with E-state index >= 15 is 0 Å². The van der Waals surface area contributed by atoms with Gasteiger partial charge in [0.1, 0.15) is 13.9 Å². The van der Waals surface area contributed by atoms with Crippen molar-refractivity contribution in [3.05, 3.63) is 194 Å². The van der Waals surface area contributed by atoms with Gasteiger partial charge in [-0.1, -0.05) is 151 Å². The van der Waals surface area contributed by atoms with E-state index in [1.165, 1.54) is 37.8 Å². The highest BCUT2D eigenvalue weighted by Crippen LogP contribution is 2.45. The average molecular weight is 727 g/mol. The first kappa shape index (κ1) is 32.9. The van der Waals surface area contributed by atoms with Crippen molar-refractivity contribution in [2.75, 3.05) is 10.1 Å². The fourth-order valence-corrected chi connectivity index (χ4v) is 10.4. The molecule has 0 amide bonds. The van der Waals surface area contributed by atoms with Crippen molar-refractivity contribution in [2.45, 2.75) is 13.1 Å². The summed E-state index contributed by atoms with van der Waals surface area (Å²) >= 11 is 0. The zero-order valence-electron chi connectivity index (χ0n) is 30.7. The Bertz CT molecular complexity index is 2850. The van der Waals surface area contributed by atoms with Crippen molar-refractivity contribution in [3.63, 3.8) is 0 Å². The molecule has 0 aliphatic carbocycles. The third-order valence-corrected chi connectivity index (χ3v) is 14.5. The fraction of sp³-hybridized carbons (Fsp3) is 0.0408. The smallest absolute Gasteiger partial charge is 0.138 e. The lowest BCUT2D eigenvalue weighted by molar-refractivity contribution is 0.156. The maximum absolute atomic E-state index is 6.58. The van der Waals surface area contributed by atoms with Gasteiger partial charge in [0.2, 0.25) is 0 Å². The van der Waals surface area contributed by atoms with Crippen LogP contribution in [0.15, 0.2) is 194 Å². The highest BCUT2D eigenvalue weighted by molar-refractivity contribution is 7.00. The van der Waals surface area contributed by atoms with Crippen LogP contribution < -0.4 is 20.5 Å². The van der Waals surface area contributed by atoms with Gasteiger partial charge in [0, 0.05) is 17.0 Å². The summed E-state index contributed by atoms with van der Waals surface area (Å²) in [6, 6.07) is 66.8. The molecule has 264 valence electrons. The van der Waals surface area contributed by atoms with Crippen molar-refractivity contribution >= 4 is 63.0 Å². The number of hydrogen-bond donors (Lipinski definition) is 0. The van der Waals surface area contributed by atoms with Gasteiger partial charge in [-0.25, -0.2) is 4.98 Å². The van der Waals surface area contributed by atoms with Gasteiger partial charge in [0.25, 0.3) is 0 Å². The summed E-state index contributed by atoms with van der Waals surface area (Å²) in [6.07, 6.45) is 1.94. The van der Waals surface area contributed by atoms with Crippen LogP contribution in [0.5, 0.6) is 0 Å². The molecule has 1 aliphatic heterocycles. The summed E-state index contributed by atoms with van der Waals surface area (Å²) in [5, 5.41) is 8.96. The molecule has 0 fully saturated rings. The van der Waals surface area contributed by atoms with Crippen molar-refractivity contribution in [1.82, 2.24) is 9.55 Å². The van der Waals surface area contributed by atoms with Gasteiger partial charge in [-0.3, -0.25) is 4.57 Å². The van der Waals surface area contributed by atoms with E-state index in [0.29, 0.717) is 0 Å². The number of nitrogens with zero attached hydrogens (tertiary/aromatic N) is 4. The van der Waals surface area contributed by atoms with E-state index < -0.39 is 8.07 Å². The summed E-state index contributed by atoms with van der Waals surface area (Å²) in [5.41, 5.74) is 11.0. The van der Waals surface area contributed by atoms with E-state index in [1.54, 1.807) is 0 Å². The molecule has 5 nitrogen and oxygen atoms in total. The molecule has 0 bridgehead atoms. The zero-order valence-corrected chi connectivity index (χ0v) is 31.7. The van der Waals surface area contributed by atoms with Crippen LogP contribution in [-0.4, -0.2) is 17.6 Å². The van der Waals surface area contributed by atoms with Crippen molar-refractivity contribution in [2.24, 2.45) is 0 Å². The average Bonchev–Trinajstić information content (AvgIpc) is 3.81. The first-order valence-electron chi connectivity index (χ1n) is 18.7. The second-order valence-corrected chi connectivity index (χ2v) is 19.0. The summed E-state index contributed by atoms with van der Waals surface area (Å²) < 4.78 is 2.34. The van der Waals surface area contributed by atoms with Gasteiger partial charge < -0.3 is 0 Å². The third kappa shape index (κ3) is 5.62. The van der Waals surface area contributed by atoms with E-state index in [1.807, 2.05) is 34.5 Å². The van der Waals surface area contributed by atoms with Gasteiger partial charge >= 0.3 is 0 Å². The van der Waals surface area contributed by atoms with Crippen LogP contribution in [0.2, 0.25) is 13.1 Å². The van der Waals surface area contributed by atoms with Gasteiger partial charge in [-0.2, -0.15) is 10.1 Å². The molecule has 0 unspecified atom stereocenters. The van der Waals surface area contributed by atoms with Gasteiger partial charge in [-0.15, -0.1) is 4.94 Å². The molecule has 55 heavy (non-hydrogen) atoms. The topological polar surface area (TPSA) is 33.5 Å². The number of aromatic nitrogens is 2. The molecule has 0 saturated carbocycles. The zero-order chi connectivity index (χ0) is 36.9. The number of benzene rings is 7. The van der Waals surface area contributed by atoms with Crippen molar-refractivity contribution in [3.8, 4) is 28.1 Å². The predicted octanol–water partition coefficient (Wildman–Crippen LogP) is 11.5. The van der Waals surface area contributed by atoms with E-state index in [-0.39, 0.29) is 0 Å². The molecule has 0 atom stereocenters. The molecule has 9 aromatic rings. The summed E-state index contributed by atoms with van der Waals surface area (Å²) in [6.45, 7) is 4.88. The summed E-state index contributed by atoms with van der Waals surface area (Å²) in [7, 11) is -2.24. The first-order chi connectivity index (χ1) is 27.0. The number of pyridine rings is 1. The molecular weight excluding hydrogens is 689 g/mol. The second kappa shape index (κ2) is 13.3. The minimum Gasteiger partial charge on any atom is -0.294 e. The second-order valence-electron chi connectivity index (χ2n) is 14.6. The number of anilines is 4. The molecular formula is C49H38N4OSi. The number of rotatable bonds is 7. The molecule has 10 rings (SSSR count). The van der Waals surface area contributed by atoms with Crippen molar-refractivity contribution in [1.29, 1.82) is 0 Å². The van der Waals surface area contributed by atoms with Crippen LogP contribution in [0.1, 0.15) is 0 Å². The normalized spacial score (nSPS) is 12.8. The summed E-state index contributed by atoms with van der Waals surface area (Å²) in [4.78, 5) is 11.6. The number of hydrogen-bond acceptors (Lipinski definition) is 4. The lowest BCUT2D eigenvalue weighted by Gasteiger charge is -2.26. The highest BCUT2D eigenvalue weighted by Gasteiger charge is 2.32. The monoisotopic (exact) mass is 726 g/mol. The SMILES string of the molecule is C[Si](C)(c1cccc(N2ON(c3ccccc3)c3ccccc32)c1)c1ccc2c3ccccc3n(-c3cc(-c4ccccc4-c4ccccc4)ccn3)c2c1. The van der Waals surface area contributed by atoms with Crippen molar-refractivity contribution < 1.29 is 4.94 Å². The molecule has 6 heteroatoms. The van der Waals surface area contributed by atoms with Crippen LogP contribution in [0.4, 0.5) is 22.7 Å². The number of para-hydroxylation sites is 4. The Labute approximate surface area is 321 Å². The van der Waals surface area contributed by atoms with E-state index in [4.69, 9.17) is 9.92 Å². The molecule has 2 aromatic heterocycles.